The van der Waals surface area contributed by atoms with Crippen LogP contribution in [0, 0.1) is 6.92 Å². The Morgan fingerprint density at radius 1 is 1.05 bits per heavy atom. The number of halogens is 1. The number of benzene rings is 1. The van der Waals surface area contributed by atoms with Crippen molar-refractivity contribution in [1.29, 1.82) is 0 Å². The van der Waals surface area contributed by atoms with E-state index in [1.807, 2.05) is 47.4 Å². The van der Waals surface area contributed by atoms with Crippen LogP contribution in [0.4, 0.5) is 5.82 Å². The summed E-state index contributed by atoms with van der Waals surface area (Å²) in [7, 11) is 2.00. The highest BCUT2D eigenvalue weighted by Gasteiger charge is 2.33. The van der Waals surface area contributed by atoms with Gasteiger partial charge in [0.05, 0.1) is 30.8 Å². The monoisotopic (exact) mass is 645 g/mol. The molecular weight excluding hydrogens is 613 g/mol. The van der Waals surface area contributed by atoms with Gasteiger partial charge in [-0.25, -0.2) is 9.97 Å². The third kappa shape index (κ3) is 4.96. The maximum absolute atomic E-state index is 12.5. The van der Waals surface area contributed by atoms with E-state index in [0.29, 0.717) is 51.9 Å². The number of nitrogens with zero attached hydrogens (tertiary/aromatic N) is 9. The molecule has 206 valence electrons. The fraction of sp³-hybridized carbons (Fsp3) is 0.500. The third-order valence-corrected chi connectivity index (χ3v) is 7.90. The smallest absolute Gasteiger partial charge is 0.264 e. The number of amides is 1. The summed E-state index contributed by atoms with van der Waals surface area (Å²) in [4.78, 5) is 38.6. The van der Waals surface area contributed by atoms with Gasteiger partial charge in [0.1, 0.15) is 11.6 Å². The van der Waals surface area contributed by atoms with E-state index in [0.717, 1.165) is 52.8 Å². The Balaban J connectivity index is 1.36. The molecule has 6 rings (SSSR count). The number of hydrogen-bond donors (Lipinski definition) is 1. The number of aliphatic hydroxyl groups is 1. The molecule has 12 nitrogen and oxygen atoms in total. The van der Waals surface area contributed by atoms with Gasteiger partial charge in [0, 0.05) is 46.3 Å². The molecule has 0 aliphatic carbocycles. The molecule has 0 saturated carbocycles. The number of rotatable bonds is 5. The number of para-hydroxylation sites is 2. The van der Waals surface area contributed by atoms with Gasteiger partial charge in [-0.15, -0.1) is 0 Å². The molecule has 2 aliphatic rings. The molecular formula is C26H32IN9O3. The van der Waals surface area contributed by atoms with Crippen molar-refractivity contribution in [2.45, 2.75) is 24.0 Å². The zero-order valence-corrected chi connectivity index (χ0v) is 24.5. The van der Waals surface area contributed by atoms with Crippen molar-refractivity contribution in [1.82, 2.24) is 38.9 Å². The molecule has 1 amide bonds. The van der Waals surface area contributed by atoms with E-state index < -0.39 is 3.61 Å². The number of ether oxygens (including phenoxy) is 1. The van der Waals surface area contributed by atoms with Crippen LogP contribution in [0.3, 0.4) is 0 Å². The molecule has 3 aromatic heterocycles. The van der Waals surface area contributed by atoms with Crippen LogP contribution in [0.1, 0.15) is 18.6 Å². The summed E-state index contributed by atoms with van der Waals surface area (Å²) in [5.41, 5.74) is 3.40. The number of carbonyl (C=O) groups excluding carboxylic acids is 1. The van der Waals surface area contributed by atoms with Crippen LogP contribution < -0.4 is 4.90 Å². The van der Waals surface area contributed by atoms with Gasteiger partial charge in [-0.1, -0.05) is 12.1 Å². The van der Waals surface area contributed by atoms with Crippen LogP contribution in [0.2, 0.25) is 0 Å². The lowest BCUT2D eigenvalue weighted by atomic mass is 10.2. The van der Waals surface area contributed by atoms with Crippen molar-refractivity contribution in [2.24, 2.45) is 7.05 Å². The number of aromatic nitrogens is 6. The van der Waals surface area contributed by atoms with E-state index in [1.54, 1.807) is 27.5 Å². The number of imidazole rings is 2. The molecule has 1 atom stereocenters. The number of fused-ring (bicyclic) bond motifs is 2. The highest BCUT2D eigenvalue weighted by molar-refractivity contribution is 14.1. The SMILES string of the molecule is Cc1nc2ccccc2n1-c1nc(N2CCOCC2)c2nc(CN3CCN(C(=O)C(C)(O)I)CC3)n(C)c2n1. The molecule has 5 heterocycles. The summed E-state index contributed by atoms with van der Waals surface area (Å²) in [6.45, 7) is 9.41. The second-order valence-electron chi connectivity index (χ2n) is 10.2. The molecule has 2 aliphatic heterocycles. The Morgan fingerprint density at radius 3 is 2.49 bits per heavy atom. The van der Waals surface area contributed by atoms with Crippen molar-refractivity contribution < 1.29 is 14.6 Å². The van der Waals surface area contributed by atoms with Gasteiger partial charge in [-0.2, -0.15) is 9.97 Å². The second-order valence-corrected chi connectivity index (χ2v) is 12.3. The summed E-state index contributed by atoms with van der Waals surface area (Å²) in [5.74, 6) is 2.84. The topological polar surface area (TPSA) is 118 Å². The van der Waals surface area contributed by atoms with Gasteiger partial charge < -0.3 is 24.2 Å². The average molecular weight is 646 g/mol. The lowest BCUT2D eigenvalue weighted by molar-refractivity contribution is -0.142. The first-order chi connectivity index (χ1) is 18.7. The number of alkyl halides is 1. The summed E-state index contributed by atoms with van der Waals surface area (Å²) < 4.78 is 8.28. The molecule has 39 heavy (non-hydrogen) atoms. The maximum atomic E-state index is 12.5. The minimum atomic E-state index is -1.39. The summed E-state index contributed by atoms with van der Waals surface area (Å²) >= 11 is 1.78. The molecule has 1 unspecified atom stereocenters. The van der Waals surface area contributed by atoms with Gasteiger partial charge in [-0.3, -0.25) is 14.3 Å². The Kier molecular flexibility index (Phi) is 6.93. The molecule has 0 spiro atoms. The highest BCUT2D eigenvalue weighted by atomic mass is 127. The summed E-state index contributed by atoms with van der Waals surface area (Å²) in [5, 5.41) is 10.1. The standard InChI is InChI=1S/C26H32IN9O3/c1-17-28-18-6-4-5-7-19(18)36(17)25-30-22-21(23(31-25)34-12-14-39-15-13-34)29-20(32(22)3)16-33-8-10-35(11-9-33)24(37)26(2,27)38/h4-7,38H,8-16H2,1-3H3. The number of aryl methyl sites for hydroxylation is 2. The Labute approximate surface area is 239 Å². The molecule has 2 saturated heterocycles. The van der Waals surface area contributed by atoms with Crippen LogP contribution in [0.5, 0.6) is 0 Å². The summed E-state index contributed by atoms with van der Waals surface area (Å²) in [6.07, 6.45) is 0. The quantitative estimate of drug-likeness (QED) is 0.256. The van der Waals surface area contributed by atoms with Gasteiger partial charge in [0.25, 0.3) is 5.91 Å². The normalized spacial score (nSPS) is 18.7. The molecule has 2 fully saturated rings. The summed E-state index contributed by atoms with van der Waals surface area (Å²) in [6, 6.07) is 8.01. The van der Waals surface area contributed by atoms with Crippen LogP contribution >= 0.6 is 22.6 Å². The Hall–Kier alpha value is -2.88. The van der Waals surface area contributed by atoms with Gasteiger partial charge >= 0.3 is 0 Å². The van der Waals surface area contributed by atoms with E-state index in [-0.39, 0.29) is 5.91 Å². The first-order valence-corrected chi connectivity index (χ1v) is 14.2. The minimum Gasteiger partial charge on any atom is -0.378 e. The van der Waals surface area contributed by atoms with Crippen molar-refractivity contribution in [3.05, 3.63) is 35.9 Å². The van der Waals surface area contributed by atoms with E-state index in [1.165, 1.54) is 6.92 Å². The Bertz CT molecular complexity index is 1530. The van der Waals surface area contributed by atoms with Crippen molar-refractivity contribution in [3.8, 4) is 5.95 Å². The van der Waals surface area contributed by atoms with Crippen molar-refractivity contribution in [2.75, 3.05) is 57.4 Å². The molecule has 13 heteroatoms. The molecule has 1 aromatic carbocycles. The van der Waals surface area contributed by atoms with E-state index in [2.05, 4.69) is 9.80 Å². The van der Waals surface area contributed by atoms with Crippen molar-refractivity contribution >= 4 is 56.5 Å². The molecule has 0 bridgehead atoms. The predicted octanol–water partition coefficient (Wildman–Crippen LogP) is 1.63. The fourth-order valence-electron chi connectivity index (χ4n) is 5.31. The maximum Gasteiger partial charge on any atom is 0.264 e. The lowest BCUT2D eigenvalue weighted by Gasteiger charge is -2.36. The molecule has 1 N–H and O–H groups in total. The Morgan fingerprint density at radius 2 is 1.77 bits per heavy atom. The lowest BCUT2D eigenvalue weighted by Crippen LogP contribution is -2.53. The first kappa shape index (κ1) is 26.3. The fourth-order valence-corrected chi connectivity index (χ4v) is 5.66. The average Bonchev–Trinajstić information content (AvgIpc) is 3.43. The highest BCUT2D eigenvalue weighted by Crippen LogP contribution is 2.28. The third-order valence-electron chi connectivity index (χ3n) is 7.44. The zero-order chi connectivity index (χ0) is 27.3. The van der Waals surface area contributed by atoms with E-state index in [4.69, 9.17) is 24.7 Å². The van der Waals surface area contributed by atoms with Crippen LogP contribution in [-0.4, -0.2) is 106 Å². The second kappa shape index (κ2) is 10.3. The van der Waals surface area contributed by atoms with Crippen molar-refractivity contribution in [3.63, 3.8) is 0 Å². The van der Waals surface area contributed by atoms with Crippen LogP contribution in [0.25, 0.3) is 28.1 Å². The molecule has 0 radical (unpaired) electrons. The van der Waals surface area contributed by atoms with E-state index in [9.17, 15) is 9.90 Å². The largest absolute Gasteiger partial charge is 0.378 e. The first-order valence-electron chi connectivity index (χ1n) is 13.1. The number of piperazine rings is 1. The minimum absolute atomic E-state index is 0.245. The van der Waals surface area contributed by atoms with Crippen LogP contribution in [-0.2, 0) is 23.1 Å². The number of morpholine rings is 1. The predicted molar refractivity (Wildman–Crippen MR) is 155 cm³/mol. The van der Waals surface area contributed by atoms with Gasteiger partial charge in [-0.05, 0) is 48.6 Å². The number of carbonyl (C=O) groups is 1. The number of anilines is 1. The van der Waals surface area contributed by atoms with Gasteiger partial charge in [0.2, 0.25) is 5.95 Å². The van der Waals surface area contributed by atoms with Gasteiger partial charge in [0.15, 0.2) is 20.6 Å². The van der Waals surface area contributed by atoms with Crippen LogP contribution in [0.15, 0.2) is 24.3 Å². The molecule has 4 aromatic rings. The number of hydrogen-bond acceptors (Lipinski definition) is 9. The zero-order valence-electron chi connectivity index (χ0n) is 22.3. The van der Waals surface area contributed by atoms with E-state index >= 15 is 0 Å².